The molecule has 3 N–H and O–H groups in total. The summed E-state index contributed by atoms with van der Waals surface area (Å²) < 4.78 is 5.80. The maximum atomic E-state index is 8.89. The Morgan fingerprint density at radius 3 is 2.17 bits per heavy atom. The minimum absolute atomic E-state index is 0.306. The van der Waals surface area contributed by atoms with Crippen LogP contribution in [0, 0.1) is 22.7 Å². The van der Waals surface area contributed by atoms with E-state index in [1.807, 2.05) is 59.5 Å². The van der Waals surface area contributed by atoms with Crippen molar-refractivity contribution in [3.8, 4) is 23.6 Å². The van der Waals surface area contributed by atoms with Crippen LogP contribution in [0.15, 0.2) is 60.9 Å². The number of anilines is 4. The van der Waals surface area contributed by atoms with Crippen LogP contribution in [0.5, 0.6) is 11.5 Å². The van der Waals surface area contributed by atoms with Crippen molar-refractivity contribution in [2.45, 2.75) is 12.8 Å². The van der Waals surface area contributed by atoms with E-state index in [9.17, 15) is 0 Å². The molecule has 0 fully saturated rings. The zero-order valence-corrected chi connectivity index (χ0v) is 16.3. The summed E-state index contributed by atoms with van der Waals surface area (Å²) >= 11 is 0. The molecule has 1 heterocycles. The number of nitrogens with one attached hydrogen (secondary N) is 1. The van der Waals surface area contributed by atoms with E-state index in [-0.39, 0.29) is 0 Å². The number of benzene rings is 2. The molecule has 0 saturated carbocycles. The largest absolute Gasteiger partial charge is 0.457 e. The molecular weight excluding hydrogens is 378 g/mol. The summed E-state index contributed by atoms with van der Waals surface area (Å²) in [6, 6.07) is 21.2. The molecule has 0 aliphatic heterocycles. The van der Waals surface area contributed by atoms with Gasteiger partial charge >= 0.3 is 0 Å². The monoisotopic (exact) mass is 399 g/mol. The number of nitrogens with zero attached hydrogens (tertiary/aromatic N) is 5. The Hall–Kier alpha value is -4.30. The first-order valence-electron chi connectivity index (χ1n) is 9.40. The molecule has 0 bridgehead atoms. The van der Waals surface area contributed by atoms with Crippen molar-refractivity contribution in [3.63, 3.8) is 0 Å². The van der Waals surface area contributed by atoms with Crippen LogP contribution in [0.4, 0.5) is 23.0 Å². The van der Waals surface area contributed by atoms with Crippen molar-refractivity contribution in [1.82, 2.24) is 9.97 Å². The van der Waals surface area contributed by atoms with Crippen molar-refractivity contribution in [3.05, 3.63) is 60.9 Å². The molecule has 0 aliphatic carbocycles. The van der Waals surface area contributed by atoms with E-state index in [0.717, 1.165) is 11.4 Å². The van der Waals surface area contributed by atoms with Crippen LogP contribution in [0.1, 0.15) is 12.8 Å². The predicted octanol–water partition coefficient (Wildman–Crippen LogP) is 4.23. The number of rotatable bonds is 9. The first kappa shape index (κ1) is 20.4. The Morgan fingerprint density at radius 1 is 0.900 bits per heavy atom. The number of hydrogen-bond acceptors (Lipinski definition) is 8. The average Bonchev–Trinajstić information content (AvgIpc) is 2.78. The van der Waals surface area contributed by atoms with E-state index in [0.29, 0.717) is 49.0 Å². The maximum absolute atomic E-state index is 8.89. The van der Waals surface area contributed by atoms with E-state index in [4.69, 9.17) is 21.0 Å². The third-order valence-electron chi connectivity index (χ3n) is 4.25. The van der Waals surface area contributed by atoms with Gasteiger partial charge in [0.15, 0.2) is 11.6 Å². The van der Waals surface area contributed by atoms with Gasteiger partial charge in [-0.2, -0.15) is 10.5 Å². The number of nitrogen functional groups attached to an aromatic ring is 1. The van der Waals surface area contributed by atoms with Gasteiger partial charge in [0.1, 0.15) is 23.5 Å². The van der Waals surface area contributed by atoms with Crippen molar-refractivity contribution < 1.29 is 4.74 Å². The van der Waals surface area contributed by atoms with Gasteiger partial charge in [-0.25, -0.2) is 9.97 Å². The third kappa shape index (κ3) is 5.37. The highest BCUT2D eigenvalue weighted by Crippen LogP contribution is 2.30. The number of ether oxygens (including phenoxy) is 1. The highest BCUT2D eigenvalue weighted by Gasteiger charge is 2.15. The maximum Gasteiger partial charge on any atom is 0.159 e. The standard InChI is InChI=1S/C22H21N7O/c23-12-4-14-29(15-5-13-24)22-20(25)21(26-16-27-22)28-17-8-10-19(11-9-17)30-18-6-2-1-3-7-18/h1-3,6-11,16H,4-5,14-15,25H2,(H,26,27,28). The summed E-state index contributed by atoms with van der Waals surface area (Å²) in [4.78, 5) is 10.3. The molecule has 0 spiro atoms. The van der Waals surface area contributed by atoms with E-state index in [2.05, 4.69) is 27.4 Å². The quantitative estimate of drug-likeness (QED) is 0.548. The summed E-state index contributed by atoms with van der Waals surface area (Å²) in [5, 5.41) is 21.0. The predicted molar refractivity (Wildman–Crippen MR) is 115 cm³/mol. The minimum atomic E-state index is 0.306. The van der Waals surface area contributed by atoms with Gasteiger partial charge in [-0.1, -0.05) is 18.2 Å². The number of para-hydroxylation sites is 1. The fourth-order valence-electron chi connectivity index (χ4n) is 2.80. The van der Waals surface area contributed by atoms with Gasteiger partial charge in [-0.15, -0.1) is 0 Å². The van der Waals surface area contributed by atoms with E-state index < -0.39 is 0 Å². The molecular formula is C22H21N7O. The molecule has 3 rings (SSSR count). The number of nitriles is 2. The zero-order valence-electron chi connectivity index (χ0n) is 16.3. The molecule has 1 aromatic heterocycles. The second kappa shape index (κ2) is 10.3. The molecule has 0 amide bonds. The van der Waals surface area contributed by atoms with Crippen LogP contribution in [-0.4, -0.2) is 23.1 Å². The summed E-state index contributed by atoms with van der Waals surface area (Å²) in [5.74, 6) is 2.43. The van der Waals surface area contributed by atoms with Crippen molar-refractivity contribution >= 4 is 23.0 Å². The van der Waals surface area contributed by atoms with Crippen molar-refractivity contribution in [2.75, 3.05) is 29.0 Å². The summed E-state index contributed by atoms with van der Waals surface area (Å²) in [5.41, 5.74) is 7.43. The lowest BCUT2D eigenvalue weighted by Gasteiger charge is -2.23. The smallest absolute Gasteiger partial charge is 0.159 e. The summed E-state index contributed by atoms with van der Waals surface area (Å²) in [6.07, 6.45) is 2.02. The van der Waals surface area contributed by atoms with E-state index in [1.165, 1.54) is 6.33 Å². The van der Waals surface area contributed by atoms with Crippen LogP contribution in [0.25, 0.3) is 0 Å². The summed E-state index contributed by atoms with van der Waals surface area (Å²) in [6.45, 7) is 0.870. The molecule has 8 nitrogen and oxygen atoms in total. The molecule has 30 heavy (non-hydrogen) atoms. The highest BCUT2D eigenvalue weighted by molar-refractivity contribution is 5.78. The normalized spacial score (nSPS) is 9.93. The first-order valence-corrected chi connectivity index (χ1v) is 9.40. The van der Waals surface area contributed by atoms with Crippen LogP contribution in [0.3, 0.4) is 0 Å². The van der Waals surface area contributed by atoms with Crippen LogP contribution < -0.4 is 20.7 Å². The fraction of sp³-hybridized carbons (Fsp3) is 0.182. The van der Waals surface area contributed by atoms with Gasteiger partial charge in [0.2, 0.25) is 0 Å². The van der Waals surface area contributed by atoms with Crippen molar-refractivity contribution in [1.29, 1.82) is 10.5 Å². The first-order chi connectivity index (χ1) is 14.7. The van der Waals surface area contributed by atoms with Gasteiger partial charge < -0.3 is 20.7 Å². The fourth-order valence-corrected chi connectivity index (χ4v) is 2.80. The number of hydrogen-bond donors (Lipinski definition) is 2. The molecule has 0 aliphatic rings. The van der Waals surface area contributed by atoms with Gasteiger partial charge in [-0.3, -0.25) is 0 Å². The minimum Gasteiger partial charge on any atom is -0.457 e. The molecule has 0 unspecified atom stereocenters. The second-order valence-electron chi connectivity index (χ2n) is 6.33. The van der Waals surface area contributed by atoms with E-state index in [1.54, 1.807) is 0 Å². The molecule has 0 radical (unpaired) electrons. The topological polar surface area (TPSA) is 124 Å². The Morgan fingerprint density at radius 2 is 1.53 bits per heavy atom. The Labute approximate surface area is 175 Å². The van der Waals surface area contributed by atoms with Crippen LogP contribution in [-0.2, 0) is 0 Å². The second-order valence-corrected chi connectivity index (χ2v) is 6.33. The lowest BCUT2D eigenvalue weighted by molar-refractivity contribution is 0.483. The van der Waals surface area contributed by atoms with E-state index >= 15 is 0 Å². The van der Waals surface area contributed by atoms with Crippen LogP contribution >= 0.6 is 0 Å². The van der Waals surface area contributed by atoms with Gasteiger partial charge in [-0.05, 0) is 36.4 Å². The molecule has 0 atom stereocenters. The SMILES string of the molecule is N#CCCN(CCC#N)c1ncnc(Nc2ccc(Oc3ccccc3)cc2)c1N. The van der Waals surface area contributed by atoms with Crippen LogP contribution in [0.2, 0.25) is 0 Å². The average molecular weight is 399 g/mol. The molecule has 8 heteroatoms. The van der Waals surface area contributed by atoms with Gasteiger partial charge in [0, 0.05) is 18.8 Å². The Bertz CT molecular complexity index is 1020. The highest BCUT2D eigenvalue weighted by atomic mass is 16.5. The molecule has 150 valence electrons. The Kier molecular flexibility index (Phi) is 7.02. The number of nitrogens with two attached hydrogens (primary N) is 1. The lowest BCUT2D eigenvalue weighted by atomic mass is 10.2. The number of aromatic nitrogens is 2. The summed E-state index contributed by atoms with van der Waals surface area (Å²) in [7, 11) is 0. The van der Waals surface area contributed by atoms with Crippen molar-refractivity contribution in [2.24, 2.45) is 0 Å². The zero-order chi connectivity index (χ0) is 21.2. The molecule has 3 aromatic rings. The van der Waals surface area contributed by atoms with Gasteiger partial charge in [0.25, 0.3) is 0 Å². The van der Waals surface area contributed by atoms with Gasteiger partial charge in [0.05, 0.1) is 25.0 Å². The lowest BCUT2D eigenvalue weighted by Crippen LogP contribution is -2.27. The Balaban J connectivity index is 1.74. The molecule has 0 saturated heterocycles. The third-order valence-corrected chi connectivity index (χ3v) is 4.25. The molecule has 2 aromatic carbocycles.